The van der Waals surface area contributed by atoms with Crippen LogP contribution in [0.2, 0.25) is 0 Å². The van der Waals surface area contributed by atoms with Gasteiger partial charge in [0.25, 0.3) is 0 Å². The zero-order chi connectivity index (χ0) is 37.5. The highest BCUT2D eigenvalue weighted by atomic mass is 16.5. The van der Waals surface area contributed by atoms with Crippen LogP contribution in [-0.4, -0.2) is 11.9 Å². The van der Waals surface area contributed by atoms with Crippen LogP contribution in [0.15, 0.2) is 195 Å². The number of rotatable bonds is 15. The smallest absolute Gasteiger partial charge is 0.335 e. The van der Waals surface area contributed by atoms with E-state index in [9.17, 15) is 9.59 Å². The molecule has 0 heterocycles. The molecule has 0 unspecified atom stereocenters. The van der Waals surface area contributed by atoms with Crippen molar-refractivity contribution in [3.63, 3.8) is 0 Å². The first-order valence-electron chi connectivity index (χ1n) is 17.6. The van der Waals surface area contributed by atoms with E-state index in [1.165, 1.54) is 0 Å². The molecule has 0 aromatic heterocycles. The summed E-state index contributed by atoms with van der Waals surface area (Å²) in [5, 5.41) is 0. The van der Waals surface area contributed by atoms with Crippen molar-refractivity contribution in [2.24, 2.45) is 0 Å². The topological polar surface area (TPSA) is 59.1 Å². The summed E-state index contributed by atoms with van der Waals surface area (Å²) in [6, 6.07) is 52.1. The third-order valence-corrected chi connectivity index (χ3v) is 8.41. The van der Waals surface area contributed by atoms with Crippen LogP contribution >= 0.6 is 0 Å². The monoisotopic (exact) mass is 708 g/mol. The molecule has 54 heavy (non-hydrogen) atoms. The number of esters is 2. The highest BCUT2D eigenvalue weighted by molar-refractivity contribution is 5.85. The molecule has 0 aliphatic heterocycles. The fraction of sp³-hybridized carbons (Fsp3) is 0.0417. The van der Waals surface area contributed by atoms with E-state index in [1.807, 2.05) is 36.4 Å². The molecule has 0 fully saturated rings. The first-order valence-corrected chi connectivity index (χ1v) is 17.6. The van der Waals surface area contributed by atoms with Crippen LogP contribution < -0.4 is 19.3 Å². The lowest BCUT2D eigenvalue weighted by Crippen LogP contribution is -2.10. The molecule has 6 aromatic carbocycles. The Balaban J connectivity index is 1.09. The maximum absolute atomic E-state index is 11.7. The molecule has 0 atom stereocenters. The second-order valence-corrected chi connectivity index (χ2v) is 12.1. The lowest BCUT2D eigenvalue weighted by molar-refractivity contribution is -0.129. The van der Waals surface area contributed by atoms with Crippen molar-refractivity contribution in [3.05, 3.63) is 206 Å². The van der Waals surface area contributed by atoms with Gasteiger partial charge >= 0.3 is 11.9 Å². The molecular weight excluding hydrogens is 669 g/mol. The second kappa shape index (κ2) is 18.4. The Kier molecular flexibility index (Phi) is 12.4. The van der Waals surface area contributed by atoms with Crippen molar-refractivity contribution in [2.45, 2.75) is 12.8 Å². The summed E-state index contributed by atoms with van der Waals surface area (Å²) in [5.74, 6) is -0.219. The van der Waals surface area contributed by atoms with Crippen molar-refractivity contribution in [3.8, 4) is 11.5 Å². The molecule has 6 aromatic rings. The molecule has 0 aliphatic carbocycles. The molecule has 0 saturated heterocycles. The molecule has 0 spiro atoms. The molecule has 0 saturated carbocycles. The number of hydrogen-bond donors (Lipinski definition) is 0. The molecular formula is C48H40N2O4. The Labute approximate surface area is 316 Å². The lowest BCUT2D eigenvalue weighted by Gasteiger charge is -2.26. The summed E-state index contributed by atoms with van der Waals surface area (Å²) >= 11 is 0. The number of para-hydroxylation sites is 2. The number of ether oxygens (including phenoxy) is 2. The van der Waals surface area contributed by atoms with E-state index in [1.54, 1.807) is 24.3 Å². The van der Waals surface area contributed by atoms with Crippen molar-refractivity contribution in [1.29, 1.82) is 0 Å². The van der Waals surface area contributed by atoms with Crippen LogP contribution in [0.25, 0.3) is 12.2 Å². The van der Waals surface area contributed by atoms with Crippen LogP contribution in [0.4, 0.5) is 34.1 Å². The third-order valence-electron chi connectivity index (χ3n) is 8.41. The molecule has 6 nitrogen and oxygen atoms in total. The number of allylic oxidation sites excluding steroid dienone is 2. The summed E-state index contributed by atoms with van der Waals surface area (Å²) in [6.45, 7) is 6.91. The molecule has 266 valence electrons. The van der Waals surface area contributed by atoms with E-state index < -0.39 is 11.9 Å². The van der Waals surface area contributed by atoms with Gasteiger partial charge in [-0.1, -0.05) is 98.1 Å². The predicted molar refractivity (Wildman–Crippen MR) is 221 cm³/mol. The highest BCUT2D eigenvalue weighted by Gasteiger charge is 2.14. The van der Waals surface area contributed by atoms with Crippen LogP contribution in [-0.2, 0) is 9.59 Å². The SMILES string of the molecule is C=CC(=O)Oc1ccc(N(c2ccc(/C=C/CC/C=C/c3ccc(N(c4ccccc4)c4ccccc4)cc3)cc2)c2ccc(OC(=O)C=C)cc2)cc1. The Morgan fingerprint density at radius 2 is 0.722 bits per heavy atom. The van der Waals surface area contributed by atoms with E-state index in [-0.39, 0.29) is 0 Å². The van der Waals surface area contributed by atoms with Gasteiger partial charge in [0.05, 0.1) is 0 Å². The predicted octanol–water partition coefficient (Wildman–Crippen LogP) is 12.3. The summed E-state index contributed by atoms with van der Waals surface area (Å²) in [4.78, 5) is 27.7. The number of nitrogens with zero attached hydrogens (tertiary/aromatic N) is 2. The summed E-state index contributed by atoms with van der Waals surface area (Å²) in [6.07, 6.45) is 12.8. The first-order chi connectivity index (χ1) is 26.5. The second-order valence-electron chi connectivity index (χ2n) is 12.1. The fourth-order valence-electron chi connectivity index (χ4n) is 5.79. The minimum absolute atomic E-state index is 0.414. The van der Waals surface area contributed by atoms with Crippen molar-refractivity contribution >= 4 is 58.2 Å². The summed E-state index contributed by atoms with van der Waals surface area (Å²) < 4.78 is 10.5. The van der Waals surface area contributed by atoms with Gasteiger partial charge in [-0.2, -0.15) is 0 Å². The van der Waals surface area contributed by atoms with Gasteiger partial charge in [0.2, 0.25) is 0 Å². The number of carbonyl (C=O) groups excluding carboxylic acids is 2. The molecule has 0 amide bonds. The van der Waals surface area contributed by atoms with Gasteiger partial charge in [0.15, 0.2) is 0 Å². The van der Waals surface area contributed by atoms with Crippen molar-refractivity contribution < 1.29 is 19.1 Å². The number of anilines is 6. The van der Waals surface area contributed by atoms with Crippen LogP contribution in [0, 0.1) is 0 Å². The van der Waals surface area contributed by atoms with Gasteiger partial charge in [-0.05, 0) is 121 Å². The fourth-order valence-corrected chi connectivity index (χ4v) is 5.79. The quantitative estimate of drug-likeness (QED) is 0.0458. The minimum Gasteiger partial charge on any atom is -0.423 e. The number of hydrogen-bond acceptors (Lipinski definition) is 6. The largest absolute Gasteiger partial charge is 0.423 e. The zero-order valence-corrected chi connectivity index (χ0v) is 29.8. The maximum atomic E-state index is 11.7. The van der Waals surface area contributed by atoms with E-state index in [4.69, 9.17) is 9.47 Å². The van der Waals surface area contributed by atoms with Gasteiger partial charge in [-0.3, -0.25) is 0 Å². The average molecular weight is 709 g/mol. The zero-order valence-electron chi connectivity index (χ0n) is 29.8. The van der Waals surface area contributed by atoms with Crippen LogP contribution in [0.5, 0.6) is 11.5 Å². The van der Waals surface area contributed by atoms with Crippen molar-refractivity contribution in [1.82, 2.24) is 0 Å². The first kappa shape index (κ1) is 36.6. The maximum Gasteiger partial charge on any atom is 0.335 e. The molecule has 0 N–H and O–H groups in total. The highest BCUT2D eigenvalue weighted by Crippen LogP contribution is 2.37. The third kappa shape index (κ3) is 9.78. The minimum atomic E-state index is -0.524. The van der Waals surface area contributed by atoms with Gasteiger partial charge in [0.1, 0.15) is 11.5 Å². The van der Waals surface area contributed by atoms with Gasteiger partial charge in [0, 0.05) is 46.3 Å². The Hall–Kier alpha value is -7.18. The van der Waals surface area contributed by atoms with E-state index in [0.29, 0.717) is 11.5 Å². The average Bonchev–Trinajstić information content (AvgIpc) is 3.22. The molecule has 0 bridgehead atoms. The molecule has 0 aliphatic rings. The van der Waals surface area contributed by atoms with E-state index in [0.717, 1.165) is 70.2 Å². The van der Waals surface area contributed by atoms with E-state index in [2.05, 4.69) is 144 Å². The van der Waals surface area contributed by atoms with Gasteiger partial charge < -0.3 is 19.3 Å². The van der Waals surface area contributed by atoms with Crippen molar-refractivity contribution in [2.75, 3.05) is 9.80 Å². The standard InChI is InChI=1S/C48H40N2O4/c1-3-47(51)53-45-33-29-43(30-34-45)50(44-31-35-46(36-32-44)54-48(52)4-2)42-27-23-38(24-28-42)16-10-6-5-9-15-37-21-25-41(26-22-37)49(39-17-11-7-12-18-39)40-19-13-8-14-20-40/h3-4,7-36H,1-2,5-6H2/b15-9+,16-10+. The van der Waals surface area contributed by atoms with E-state index >= 15 is 0 Å². The Morgan fingerprint density at radius 1 is 0.426 bits per heavy atom. The molecule has 6 rings (SSSR count). The molecule has 0 radical (unpaired) electrons. The summed E-state index contributed by atoms with van der Waals surface area (Å²) in [5.41, 5.74) is 8.19. The van der Waals surface area contributed by atoms with Gasteiger partial charge in [-0.25, -0.2) is 9.59 Å². The number of carbonyl (C=O) groups is 2. The summed E-state index contributed by atoms with van der Waals surface area (Å²) in [7, 11) is 0. The lowest BCUT2D eigenvalue weighted by atomic mass is 10.1. The van der Waals surface area contributed by atoms with Crippen LogP contribution in [0.3, 0.4) is 0 Å². The Morgan fingerprint density at radius 3 is 1.04 bits per heavy atom. The normalized spacial score (nSPS) is 10.9. The van der Waals surface area contributed by atoms with Crippen LogP contribution in [0.1, 0.15) is 24.0 Å². The Bertz CT molecular complexity index is 2100. The number of benzene rings is 6. The number of unbranched alkanes of at least 4 members (excludes halogenated alkanes) is 1. The van der Waals surface area contributed by atoms with Gasteiger partial charge in [-0.15, -0.1) is 0 Å². The molecule has 6 heteroatoms.